The van der Waals surface area contributed by atoms with Gasteiger partial charge < -0.3 is 4.74 Å². The molecule has 0 aliphatic heterocycles. The van der Waals surface area contributed by atoms with Gasteiger partial charge in [0.05, 0.1) is 12.5 Å². The van der Waals surface area contributed by atoms with E-state index >= 15 is 0 Å². The first-order valence-corrected chi connectivity index (χ1v) is 8.48. The van der Waals surface area contributed by atoms with Crippen molar-refractivity contribution >= 4 is 5.97 Å². The predicted molar refractivity (Wildman–Crippen MR) is 86.7 cm³/mol. The van der Waals surface area contributed by atoms with Crippen LogP contribution in [0.1, 0.15) is 86.0 Å². The standard InChI is InChI=1S/C18H36O2/c1-7-9-11-15(3)14-16(4)12-10-13-18(5,8-2)17(19)20-6/h15-16H,7-14H2,1-6H3. The molecular formula is C18H36O2. The first-order valence-electron chi connectivity index (χ1n) is 8.48. The second-order valence-electron chi connectivity index (χ2n) is 6.89. The molecule has 0 saturated heterocycles. The Kier molecular flexibility index (Phi) is 9.96. The van der Waals surface area contributed by atoms with Gasteiger partial charge in [0.25, 0.3) is 0 Å². The molecule has 0 heterocycles. The molecule has 0 aromatic carbocycles. The second-order valence-corrected chi connectivity index (χ2v) is 6.89. The van der Waals surface area contributed by atoms with Gasteiger partial charge in [0.2, 0.25) is 0 Å². The van der Waals surface area contributed by atoms with E-state index in [1.807, 2.05) is 6.92 Å². The summed E-state index contributed by atoms with van der Waals surface area (Å²) in [6.07, 6.45) is 9.49. The van der Waals surface area contributed by atoms with E-state index in [1.54, 1.807) is 0 Å². The summed E-state index contributed by atoms with van der Waals surface area (Å²) in [6.45, 7) is 11.1. The Morgan fingerprint density at radius 1 is 1.10 bits per heavy atom. The van der Waals surface area contributed by atoms with Crippen LogP contribution in [0.3, 0.4) is 0 Å². The van der Waals surface area contributed by atoms with E-state index in [0.717, 1.165) is 31.1 Å². The summed E-state index contributed by atoms with van der Waals surface area (Å²) in [5, 5.41) is 0. The van der Waals surface area contributed by atoms with Crippen molar-refractivity contribution in [2.24, 2.45) is 17.3 Å². The van der Waals surface area contributed by atoms with E-state index in [-0.39, 0.29) is 11.4 Å². The number of hydrogen-bond donors (Lipinski definition) is 0. The fourth-order valence-corrected chi connectivity index (χ4v) is 2.99. The van der Waals surface area contributed by atoms with Crippen LogP contribution in [0.25, 0.3) is 0 Å². The smallest absolute Gasteiger partial charge is 0.311 e. The van der Waals surface area contributed by atoms with Gasteiger partial charge in [-0.15, -0.1) is 0 Å². The Bertz CT molecular complexity index is 262. The van der Waals surface area contributed by atoms with Crippen molar-refractivity contribution in [3.05, 3.63) is 0 Å². The number of carbonyl (C=O) groups is 1. The average molecular weight is 284 g/mol. The van der Waals surface area contributed by atoms with Crippen LogP contribution in [0.5, 0.6) is 0 Å². The van der Waals surface area contributed by atoms with Crippen molar-refractivity contribution in [3.63, 3.8) is 0 Å². The number of hydrogen-bond acceptors (Lipinski definition) is 2. The van der Waals surface area contributed by atoms with Gasteiger partial charge in [-0.2, -0.15) is 0 Å². The summed E-state index contributed by atoms with van der Waals surface area (Å²) in [5.41, 5.74) is -0.289. The van der Waals surface area contributed by atoms with Crippen molar-refractivity contribution in [2.45, 2.75) is 86.0 Å². The minimum atomic E-state index is -0.289. The number of unbranched alkanes of at least 4 members (excludes halogenated alkanes) is 1. The highest BCUT2D eigenvalue weighted by Gasteiger charge is 2.31. The summed E-state index contributed by atoms with van der Waals surface area (Å²) in [5.74, 6) is 1.55. The zero-order valence-electron chi connectivity index (χ0n) is 14.6. The van der Waals surface area contributed by atoms with Gasteiger partial charge in [0.1, 0.15) is 0 Å². The third-order valence-corrected chi connectivity index (χ3v) is 4.74. The van der Waals surface area contributed by atoms with Gasteiger partial charge in [-0.3, -0.25) is 4.79 Å². The quantitative estimate of drug-likeness (QED) is 0.462. The van der Waals surface area contributed by atoms with E-state index in [1.165, 1.54) is 39.2 Å². The van der Waals surface area contributed by atoms with E-state index in [9.17, 15) is 4.79 Å². The van der Waals surface area contributed by atoms with Crippen LogP contribution in [0, 0.1) is 17.3 Å². The maximum Gasteiger partial charge on any atom is 0.311 e. The van der Waals surface area contributed by atoms with E-state index in [2.05, 4.69) is 27.7 Å². The lowest BCUT2D eigenvalue weighted by atomic mass is 9.80. The summed E-state index contributed by atoms with van der Waals surface area (Å²) in [4.78, 5) is 11.8. The lowest BCUT2D eigenvalue weighted by molar-refractivity contribution is -0.152. The van der Waals surface area contributed by atoms with Gasteiger partial charge in [0, 0.05) is 0 Å². The molecule has 0 N–H and O–H groups in total. The van der Waals surface area contributed by atoms with Crippen LogP contribution in [-0.2, 0) is 9.53 Å². The fourth-order valence-electron chi connectivity index (χ4n) is 2.99. The molecule has 0 amide bonds. The zero-order valence-corrected chi connectivity index (χ0v) is 14.6. The topological polar surface area (TPSA) is 26.3 Å². The SMILES string of the molecule is CCCCC(C)CC(C)CCCC(C)(CC)C(=O)OC. The number of carbonyl (C=O) groups excluding carboxylic acids is 1. The molecule has 0 fully saturated rings. The molecule has 0 aromatic heterocycles. The normalized spacial score (nSPS) is 17.3. The monoisotopic (exact) mass is 284 g/mol. The van der Waals surface area contributed by atoms with E-state index in [4.69, 9.17) is 4.74 Å². The predicted octanol–water partition coefficient (Wildman–Crippen LogP) is 5.60. The molecule has 0 aliphatic rings. The highest BCUT2D eigenvalue weighted by Crippen LogP contribution is 2.31. The molecular weight excluding hydrogens is 248 g/mol. The van der Waals surface area contributed by atoms with Gasteiger partial charge in [-0.1, -0.05) is 59.8 Å². The molecule has 0 radical (unpaired) electrons. The van der Waals surface area contributed by atoms with Gasteiger partial charge in [0.15, 0.2) is 0 Å². The van der Waals surface area contributed by atoms with Crippen molar-refractivity contribution < 1.29 is 9.53 Å². The second kappa shape index (κ2) is 10.2. The summed E-state index contributed by atoms with van der Waals surface area (Å²) in [6, 6.07) is 0. The Hall–Kier alpha value is -0.530. The first kappa shape index (κ1) is 19.5. The molecule has 0 aromatic rings. The van der Waals surface area contributed by atoms with Crippen LogP contribution < -0.4 is 0 Å². The fraction of sp³-hybridized carbons (Fsp3) is 0.944. The lowest BCUT2D eigenvalue weighted by Gasteiger charge is -2.26. The van der Waals surface area contributed by atoms with Crippen LogP contribution in [0.2, 0.25) is 0 Å². The molecule has 2 heteroatoms. The average Bonchev–Trinajstić information content (AvgIpc) is 2.43. The molecule has 0 spiro atoms. The Morgan fingerprint density at radius 2 is 1.65 bits per heavy atom. The minimum Gasteiger partial charge on any atom is -0.469 e. The number of ether oxygens (including phenoxy) is 1. The van der Waals surface area contributed by atoms with Gasteiger partial charge >= 0.3 is 5.97 Å². The molecule has 0 saturated carbocycles. The van der Waals surface area contributed by atoms with Gasteiger partial charge in [-0.05, 0) is 38.0 Å². The third-order valence-electron chi connectivity index (χ3n) is 4.74. The van der Waals surface area contributed by atoms with Crippen LogP contribution in [0.4, 0.5) is 0 Å². The van der Waals surface area contributed by atoms with Crippen LogP contribution in [-0.4, -0.2) is 13.1 Å². The molecule has 0 rings (SSSR count). The van der Waals surface area contributed by atoms with E-state index in [0.29, 0.717) is 0 Å². The third kappa shape index (κ3) is 7.31. The largest absolute Gasteiger partial charge is 0.469 e. The highest BCUT2D eigenvalue weighted by molar-refractivity contribution is 5.76. The molecule has 2 nitrogen and oxygen atoms in total. The molecule has 3 atom stereocenters. The summed E-state index contributed by atoms with van der Waals surface area (Å²) < 4.78 is 4.93. The highest BCUT2D eigenvalue weighted by atomic mass is 16.5. The lowest BCUT2D eigenvalue weighted by Crippen LogP contribution is -2.28. The minimum absolute atomic E-state index is 0.0519. The number of methoxy groups -OCH3 is 1. The zero-order chi connectivity index (χ0) is 15.6. The van der Waals surface area contributed by atoms with Crippen molar-refractivity contribution in [1.82, 2.24) is 0 Å². The maximum absolute atomic E-state index is 11.8. The molecule has 3 unspecified atom stereocenters. The van der Waals surface area contributed by atoms with Crippen molar-refractivity contribution in [1.29, 1.82) is 0 Å². The first-order chi connectivity index (χ1) is 9.39. The van der Waals surface area contributed by atoms with Crippen LogP contribution in [0.15, 0.2) is 0 Å². The Balaban J connectivity index is 4.00. The Morgan fingerprint density at radius 3 is 2.10 bits per heavy atom. The van der Waals surface area contributed by atoms with Gasteiger partial charge in [-0.25, -0.2) is 0 Å². The summed E-state index contributed by atoms with van der Waals surface area (Å²) >= 11 is 0. The number of rotatable bonds is 11. The van der Waals surface area contributed by atoms with Crippen LogP contribution >= 0.6 is 0 Å². The van der Waals surface area contributed by atoms with Crippen molar-refractivity contribution in [3.8, 4) is 0 Å². The molecule has 20 heavy (non-hydrogen) atoms. The molecule has 120 valence electrons. The Labute approximate surface area is 126 Å². The number of esters is 1. The van der Waals surface area contributed by atoms with E-state index < -0.39 is 0 Å². The van der Waals surface area contributed by atoms with Crippen molar-refractivity contribution in [2.75, 3.05) is 7.11 Å². The maximum atomic E-state index is 11.8. The summed E-state index contributed by atoms with van der Waals surface area (Å²) in [7, 11) is 1.49. The molecule has 0 bridgehead atoms. The molecule has 0 aliphatic carbocycles.